The second-order valence-corrected chi connectivity index (χ2v) is 6.11. The number of H-pyrrole nitrogens is 1. The molecule has 116 valence electrons. The molecule has 0 aromatic carbocycles. The van der Waals surface area contributed by atoms with Crippen molar-refractivity contribution >= 4 is 6.09 Å². The number of likely N-dealkylation sites (tertiary alicyclic amines) is 2. The third-order valence-electron chi connectivity index (χ3n) is 4.68. The molecule has 2 N–H and O–H groups in total. The van der Waals surface area contributed by atoms with E-state index in [1.54, 1.807) is 0 Å². The molecule has 0 radical (unpaired) electrons. The van der Waals surface area contributed by atoms with Crippen LogP contribution < -0.4 is 0 Å². The quantitative estimate of drug-likeness (QED) is 0.861. The maximum Gasteiger partial charge on any atom is 0.407 e. The maximum atomic E-state index is 11.0. The Kier molecular flexibility index (Phi) is 4.10. The average molecular weight is 293 g/mol. The summed E-state index contributed by atoms with van der Waals surface area (Å²) in [6.07, 6.45) is 3.39. The first-order valence-corrected chi connectivity index (χ1v) is 7.74. The first kappa shape index (κ1) is 14.3. The topological polar surface area (TPSA) is 85.3 Å². The summed E-state index contributed by atoms with van der Waals surface area (Å²) in [6, 6.07) is 0.503. The Morgan fingerprint density at radius 1 is 1.29 bits per heavy atom. The number of hydrogen-bond donors (Lipinski definition) is 2. The van der Waals surface area contributed by atoms with Crippen molar-refractivity contribution in [2.75, 3.05) is 26.2 Å². The van der Waals surface area contributed by atoms with Gasteiger partial charge in [0.2, 0.25) is 0 Å². The molecule has 7 heteroatoms. The normalized spacial score (nSPS) is 25.2. The molecule has 1 aromatic rings. The zero-order valence-corrected chi connectivity index (χ0v) is 12.5. The van der Waals surface area contributed by atoms with E-state index in [2.05, 4.69) is 20.1 Å². The third-order valence-corrected chi connectivity index (χ3v) is 4.68. The molecule has 1 aromatic heterocycles. The molecule has 2 saturated heterocycles. The number of rotatable bonds is 2. The van der Waals surface area contributed by atoms with Gasteiger partial charge in [-0.2, -0.15) is 5.10 Å². The first-order valence-electron chi connectivity index (χ1n) is 7.74. The predicted molar refractivity (Wildman–Crippen MR) is 77.3 cm³/mol. The van der Waals surface area contributed by atoms with E-state index in [4.69, 9.17) is 5.11 Å². The van der Waals surface area contributed by atoms with Crippen LogP contribution >= 0.6 is 0 Å². The molecule has 1 amide bonds. The summed E-state index contributed by atoms with van der Waals surface area (Å²) in [4.78, 5) is 19.5. The number of aromatic nitrogens is 3. The lowest BCUT2D eigenvalue weighted by Gasteiger charge is -2.41. The van der Waals surface area contributed by atoms with E-state index in [-0.39, 0.29) is 0 Å². The summed E-state index contributed by atoms with van der Waals surface area (Å²) in [6.45, 7) is 5.34. The monoisotopic (exact) mass is 293 g/mol. The van der Waals surface area contributed by atoms with Gasteiger partial charge < -0.3 is 10.0 Å². The molecule has 3 heterocycles. The van der Waals surface area contributed by atoms with Crippen molar-refractivity contribution in [3.8, 4) is 0 Å². The lowest BCUT2D eigenvalue weighted by molar-refractivity contribution is 0.0785. The van der Waals surface area contributed by atoms with E-state index in [1.807, 2.05) is 6.92 Å². The van der Waals surface area contributed by atoms with E-state index in [0.29, 0.717) is 25.0 Å². The molecule has 2 aliphatic rings. The summed E-state index contributed by atoms with van der Waals surface area (Å²) in [7, 11) is 0. The molecule has 21 heavy (non-hydrogen) atoms. The molecular weight excluding hydrogens is 270 g/mol. The molecule has 0 aliphatic carbocycles. The molecule has 0 saturated carbocycles. The Morgan fingerprint density at radius 2 is 2.05 bits per heavy atom. The highest BCUT2D eigenvalue weighted by Crippen LogP contribution is 2.28. The second-order valence-electron chi connectivity index (χ2n) is 6.11. The van der Waals surface area contributed by atoms with Crippen molar-refractivity contribution in [1.29, 1.82) is 0 Å². The molecular formula is C14H23N5O2. The number of piperidine rings is 2. The van der Waals surface area contributed by atoms with Crippen molar-refractivity contribution in [1.82, 2.24) is 25.0 Å². The fourth-order valence-corrected chi connectivity index (χ4v) is 3.51. The van der Waals surface area contributed by atoms with Crippen LogP contribution in [0.2, 0.25) is 0 Å². The summed E-state index contributed by atoms with van der Waals surface area (Å²) in [5.74, 6) is 2.21. The van der Waals surface area contributed by atoms with Gasteiger partial charge in [0, 0.05) is 31.6 Å². The van der Waals surface area contributed by atoms with Crippen LogP contribution in [0, 0.1) is 6.92 Å². The fraction of sp³-hybridized carbons (Fsp3) is 0.786. The Hall–Kier alpha value is -1.63. The number of nitrogens with zero attached hydrogens (tertiary/aromatic N) is 4. The standard InChI is InChI=1S/C14H23N5O2/c1-10-15-13(17-16-10)11-3-2-6-19(9-11)12-4-7-18(8-5-12)14(20)21/h11-12H,2-9H2,1H3,(H,20,21)(H,15,16,17). The molecule has 7 nitrogen and oxygen atoms in total. The van der Waals surface area contributed by atoms with Gasteiger partial charge in [-0.25, -0.2) is 9.78 Å². The Bertz CT molecular complexity index is 495. The molecule has 1 atom stereocenters. The molecule has 2 fully saturated rings. The summed E-state index contributed by atoms with van der Waals surface area (Å²) >= 11 is 0. The van der Waals surface area contributed by atoms with Crippen LogP contribution in [-0.2, 0) is 0 Å². The van der Waals surface area contributed by atoms with Crippen LogP contribution in [0.3, 0.4) is 0 Å². The van der Waals surface area contributed by atoms with Gasteiger partial charge in [0.1, 0.15) is 5.82 Å². The van der Waals surface area contributed by atoms with E-state index in [0.717, 1.165) is 50.4 Å². The number of carboxylic acid groups (broad SMARTS) is 1. The first-order chi connectivity index (χ1) is 10.1. The zero-order chi connectivity index (χ0) is 14.8. The van der Waals surface area contributed by atoms with Crippen molar-refractivity contribution in [3.05, 3.63) is 11.6 Å². The Labute approximate surface area is 124 Å². The van der Waals surface area contributed by atoms with Crippen LogP contribution in [0.1, 0.15) is 43.3 Å². The molecule has 0 bridgehead atoms. The minimum Gasteiger partial charge on any atom is -0.465 e. The Morgan fingerprint density at radius 3 is 2.67 bits per heavy atom. The highest BCUT2D eigenvalue weighted by molar-refractivity contribution is 5.65. The molecule has 0 spiro atoms. The largest absolute Gasteiger partial charge is 0.465 e. The lowest BCUT2D eigenvalue weighted by Crippen LogP contribution is -2.49. The average Bonchev–Trinajstić information content (AvgIpc) is 2.94. The van der Waals surface area contributed by atoms with Gasteiger partial charge >= 0.3 is 6.09 Å². The van der Waals surface area contributed by atoms with Gasteiger partial charge in [0.05, 0.1) is 0 Å². The van der Waals surface area contributed by atoms with Crippen LogP contribution in [0.15, 0.2) is 0 Å². The van der Waals surface area contributed by atoms with Crippen LogP contribution in [0.4, 0.5) is 4.79 Å². The SMILES string of the molecule is Cc1nc(C2CCCN(C3CCN(C(=O)O)CC3)C2)n[nH]1. The van der Waals surface area contributed by atoms with Gasteiger partial charge in [-0.3, -0.25) is 10.00 Å². The van der Waals surface area contributed by atoms with Crippen LogP contribution in [0.25, 0.3) is 0 Å². The minimum absolute atomic E-state index is 0.404. The summed E-state index contributed by atoms with van der Waals surface area (Å²) < 4.78 is 0. The Balaban J connectivity index is 1.58. The zero-order valence-electron chi connectivity index (χ0n) is 12.5. The van der Waals surface area contributed by atoms with Gasteiger partial charge in [-0.05, 0) is 39.2 Å². The highest BCUT2D eigenvalue weighted by atomic mass is 16.4. The predicted octanol–water partition coefficient (Wildman–Crippen LogP) is 1.43. The highest BCUT2D eigenvalue weighted by Gasteiger charge is 2.31. The van der Waals surface area contributed by atoms with Gasteiger partial charge in [0.25, 0.3) is 0 Å². The number of nitrogens with one attached hydrogen (secondary N) is 1. The lowest BCUT2D eigenvalue weighted by atomic mass is 9.93. The fourth-order valence-electron chi connectivity index (χ4n) is 3.51. The minimum atomic E-state index is -0.791. The van der Waals surface area contributed by atoms with Gasteiger partial charge in [0.15, 0.2) is 5.82 Å². The maximum absolute atomic E-state index is 11.0. The number of aromatic amines is 1. The number of aryl methyl sites for hydroxylation is 1. The molecule has 2 aliphatic heterocycles. The van der Waals surface area contributed by atoms with Crippen LogP contribution in [-0.4, -0.2) is 68.4 Å². The van der Waals surface area contributed by atoms with E-state index < -0.39 is 6.09 Å². The second kappa shape index (κ2) is 6.01. The summed E-state index contributed by atoms with van der Waals surface area (Å²) in [5, 5.41) is 16.3. The number of amides is 1. The van der Waals surface area contributed by atoms with Gasteiger partial charge in [-0.1, -0.05) is 0 Å². The smallest absolute Gasteiger partial charge is 0.407 e. The van der Waals surface area contributed by atoms with Crippen molar-refractivity contribution in [2.24, 2.45) is 0 Å². The van der Waals surface area contributed by atoms with Crippen molar-refractivity contribution < 1.29 is 9.90 Å². The van der Waals surface area contributed by atoms with Gasteiger partial charge in [-0.15, -0.1) is 0 Å². The number of carbonyl (C=O) groups is 1. The van der Waals surface area contributed by atoms with Crippen LogP contribution in [0.5, 0.6) is 0 Å². The van der Waals surface area contributed by atoms with E-state index >= 15 is 0 Å². The third kappa shape index (κ3) is 3.18. The molecule has 1 unspecified atom stereocenters. The molecule has 3 rings (SSSR count). The van der Waals surface area contributed by atoms with Crippen molar-refractivity contribution in [3.63, 3.8) is 0 Å². The van der Waals surface area contributed by atoms with E-state index in [9.17, 15) is 4.79 Å². The van der Waals surface area contributed by atoms with Crippen molar-refractivity contribution in [2.45, 2.75) is 44.6 Å². The van der Waals surface area contributed by atoms with E-state index in [1.165, 1.54) is 4.90 Å². The summed E-state index contributed by atoms with van der Waals surface area (Å²) in [5.41, 5.74) is 0. The number of hydrogen-bond acceptors (Lipinski definition) is 4.